The van der Waals surface area contributed by atoms with Gasteiger partial charge in [0.05, 0.1) is 11.4 Å². The molecule has 2 amide bonds. The zero-order valence-corrected chi connectivity index (χ0v) is 16.0. The quantitative estimate of drug-likeness (QED) is 0.665. The maximum Gasteiger partial charge on any atom is 0.238 e. The molecule has 1 aliphatic rings. The van der Waals surface area contributed by atoms with Gasteiger partial charge in [0, 0.05) is 50.2 Å². The number of nitrogens with zero attached hydrogens (tertiary/aromatic N) is 2. The van der Waals surface area contributed by atoms with Gasteiger partial charge in [-0.3, -0.25) is 19.2 Å². The number of hydrazine groups is 2. The van der Waals surface area contributed by atoms with Gasteiger partial charge >= 0.3 is 0 Å². The van der Waals surface area contributed by atoms with Crippen molar-refractivity contribution in [2.24, 2.45) is 0 Å². The Kier molecular flexibility index (Phi) is 5.08. The van der Waals surface area contributed by atoms with E-state index in [2.05, 4.69) is 10.9 Å². The van der Waals surface area contributed by atoms with Crippen LogP contribution in [0.1, 0.15) is 45.7 Å². The van der Waals surface area contributed by atoms with Crippen LogP contribution in [0.25, 0.3) is 0 Å². The van der Waals surface area contributed by atoms with Gasteiger partial charge in [0.25, 0.3) is 0 Å². The predicted octanol–water partition coefficient (Wildman–Crippen LogP) is 1.44. The molecule has 0 atom stereocenters. The number of ketones is 2. The Morgan fingerprint density at radius 3 is 1.32 bits per heavy atom. The summed E-state index contributed by atoms with van der Waals surface area (Å²) in [6, 6.07) is 9.33. The zero-order chi connectivity index (χ0) is 20.6. The van der Waals surface area contributed by atoms with Gasteiger partial charge in [0.1, 0.15) is 0 Å². The van der Waals surface area contributed by atoms with E-state index in [1.165, 1.54) is 48.1 Å². The van der Waals surface area contributed by atoms with Crippen molar-refractivity contribution in [2.45, 2.75) is 13.8 Å². The van der Waals surface area contributed by atoms with Crippen molar-refractivity contribution >= 4 is 34.8 Å². The Bertz CT molecular complexity index is 934. The minimum atomic E-state index is -0.309. The molecule has 3 rings (SSSR count). The number of hydrogen-bond acceptors (Lipinski definition) is 6. The van der Waals surface area contributed by atoms with Gasteiger partial charge in [0.15, 0.2) is 11.6 Å². The second kappa shape index (κ2) is 7.34. The first-order valence-corrected chi connectivity index (χ1v) is 8.63. The Hall–Kier alpha value is -3.36. The molecule has 0 unspecified atom stereocenters. The molecule has 2 aromatic rings. The number of rotatable bonds is 4. The van der Waals surface area contributed by atoms with Crippen LogP contribution in [-0.2, 0) is 9.59 Å². The third-order valence-electron chi connectivity index (χ3n) is 4.58. The summed E-state index contributed by atoms with van der Waals surface area (Å²) >= 11 is 0. The second-order valence-electron chi connectivity index (χ2n) is 6.27. The van der Waals surface area contributed by atoms with E-state index in [0.29, 0.717) is 11.4 Å². The monoisotopic (exact) mass is 380 g/mol. The van der Waals surface area contributed by atoms with E-state index in [9.17, 15) is 19.2 Å². The van der Waals surface area contributed by atoms with Crippen LogP contribution in [0.15, 0.2) is 36.4 Å². The molecular formula is C20H20N4O4. The molecule has 0 bridgehead atoms. The molecule has 0 aromatic heterocycles. The molecule has 144 valence electrons. The number of hydrogen-bond donors (Lipinski definition) is 2. The molecule has 0 aliphatic heterocycles. The van der Waals surface area contributed by atoms with Crippen LogP contribution < -0.4 is 20.9 Å². The molecule has 8 nitrogen and oxygen atoms in total. The zero-order valence-electron chi connectivity index (χ0n) is 16.0. The van der Waals surface area contributed by atoms with Crippen molar-refractivity contribution in [2.75, 3.05) is 24.1 Å². The number of benzene rings is 2. The molecule has 2 aromatic carbocycles. The van der Waals surface area contributed by atoms with Crippen LogP contribution in [-0.4, -0.2) is 37.5 Å². The number of fused-ring (bicyclic) bond motifs is 2. The van der Waals surface area contributed by atoms with Crippen molar-refractivity contribution in [3.63, 3.8) is 0 Å². The first-order valence-electron chi connectivity index (χ1n) is 8.63. The fourth-order valence-corrected chi connectivity index (χ4v) is 3.34. The maximum atomic E-state index is 13.0. The molecule has 0 saturated heterocycles. The fraction of sp³-hybridized carbons (Fsp3) is 0.200. The van der Waals surface area contributed by atoms with Gasteiger partial charge < -0.3 is 0 Å². The number of amides is 2. The van der Waals surface area contributed by atoms with Gasteiger partial charge in [-0.1, -0.05) is 0 Å². The Morgan fingerprint density at radius 1 is 0.679 bits per heavy atom. The molecule has 2 N–H and O–H groups in total. The molecule has 0 spiro atoms. The fourth-order valence-electron chi connectivity index (χ4n) is 3.34. The van der Waals surface area contributed by atoms with Crippen molar-refractivity contribution < 1.29 is 19.2 Å². The molecule has 28 heavy (non-hydrogen) atoms. The molecule has 0 radical (unpaired) electrons. The standard InChI is InChI=1S/C20H20N4O4/c1-11(25)23(21-3)13-5-7-15-17(9-13)19(27)16-8-6-14(10-18(16)20(15)28)24(22-4)12(2)26/h5-10,21-22H,1-4H3. The Balaban J connectivity index is 2.10. The van der Waals surface area contributed by atoms with Gasteiger partial charge in [-0.05, 0) is 36.4 Å². The molecular weight excluding hydrogens is 360 g/mol. The van der Waals surface area contributed by atoms with E-state index in [1.54, 1.807) is 26.2 Å². The highest BCUT2D eigenvalue weighted by atomic mass is 16.2. The largest absolute Gasteiger partial charge is 0.289 e. The summed E-state index contributed by atoms with van der Waals surface area (Å²) < 4.78 is 0. The third kappa shape index (κ3) is 3.08. The van der Waals surface area contributed by atoms with Crippen LogP contribution in [0.3, 0.4) is 0 Å². The van der Waals surface area contributed by atoms with Crippen LogP contribution in [0.4, 0.5) is 11.4 Å². The average Bonchev–Trinajstić information content (AvgIpc) is 2.66. The van der Waals surface area contributed by atoms with Crippen LogP contribution in [0.5, 0.6) is 0 Å². The van der Waals surface area contributed by atoms with Gasteiger partial charge in [-0.2, -0.15) is 0 Å². The number of anilines is 2. The van der Waals surface area contributed by atoms with Crippen LogP contribution >= 0.6 is 0 Å². The topological polar surface area (TPSA) is 98.8 Å². The Morgan fingerprint density at radius 2 is 1.04 bits per heavy atom. The van der Waals surface area contributed by atoms with E-state index >= 15 is 0 Å². The lowest BCUT2D eigenvalue weighted by Crippen LogP contribution is -2.39. The summed E-state index contributed by atoms with van der Waals surface area (Å²) in [5.41, 5.74) is 7.43. The maximum absolute atomic E-state index is 13.0. The minimum Gasteiger partial charge on any atom is -0.289 e. The summed E-state index contributed by atoms with van der Waals surface area (Å²) in [6.07, 6.45) is 0. The lowest BCUT2D eigenvalue weighted by atomic mass is 9.83. The van der Waals surface area contributed by atoms with Crippen LogP contribution in [0, 0.1) is 0 Å². The van der Waals surface area contributed by atoms with E-state index in [-0.39, 0.29) is 45.6 Å². The summed E-state index contributed by atoms with van der Waals surface area (Å²) in [5.74, 6) is -1.12. The lowest BCUT2D eigenvalue weighted by molar-refractivity contribution is -0.117. The molecule has 0 fully saturated rings. The van der Waals surface area contributed by atoms with Gasteiger partial charge in [-0.15, -0.1) is 0 Å². The summed E-state index contributed by atoms with van der Waals surface area (Å²) in [4.78, 5) is 49.5. The highest BCUT2D eigenvalue weighted by Crippen LogP contribution is 2.32. The summed E-state index contributed by atoms with van der Waals surface area (Å²) in [7, 11) is 3.18. The van der Waals surface area contributed by atoms with Crippen molar-refractivity contribution in [3.8, 4) is 0 Å². The number of carbonyl (C=O) groups is 4. The summed E-state index contributed by atoms with van der Waals surface area (Å²) in [5, 5.41) is 2.57. The average molecular weight is 380 g/mol. The molecule has 0 heterocycles. The Labute approximate surface area is 162 Å². The van der Waals surface area contributed by atoms with Gasteiger partial charge in [0.2, 0.25) is 11.8 Å². The van der Waals surface area contributed by atoms with Crippen molar-refractivity contribution in [1.29, 1.82) is 0 Å². The lowest BCUT2D eigenvalue weighted by Gasteiger charge is -2.24. The normalized spacial score (nSPS) is 12.3. The minimum absolute atomic E-state index is 0.237. The van der Waals surface area contributed by atoms with E-state index in [0.717, 1.165) is 0 Å². The first-order chi connectivity index (χ1) is 13.3. The smallest absolute Gasteiger partial charge is 0.238 e. The molecule has 0 saturated carbocycles. The SMILES string of the molecule is CNN(C(C)=O)c1ccc2c(c1)C(=O)c1ccc(N(NC)C(C)=O)cc1C2=O. The first kappa shape index (κ1) is 19.4. The molecule has 1 aliphatic carbocycles. The van der Waals surface area contributed by atoms with Crippen molar-refractivity contribution in [1.82, 2.24) is 10.9 Å². The highest BCUT2D eigenvalue weighted by Gasteiger charge is 2.31. The van der Waals surface area contributed by atoms with Crippen molar-refractivity contribution in [3.05, 3.63) is 58.7 Å². The third-order valence-corrected chi connectivity index (χ3v) is 4.58. The summed E-state index contributed by atoms with van der Waals surface area (Å²) in [6.45, 7) is 2.78. The van der Waals surface area contributed by atoms with E-state index < -0.39 is 0 Å². The number of nitrogens with one attached hydrogen (secondary N) is 2. The number of carbonyl (C=O) groups excluding carboxylic acids is 4. The molecule has 8 heteroatoms. The van der Waals surface area contributed by atoms with Gasteiger partial charge in [-0.25, -0.2) is 20.9 Å². The predicted molar refractivity (Wildman–Crippen MR) is 104 cm³/mol. The highest BCUT2D eigenvalue weighted by molar-refractivity contribution is 6.29. The van der Waals surface area contributed by atoms with E-state index in [1.807, 2.05) is 0 Å². The van der Waals surface area contributed by atoms with Crippen LogP contribution in [0.2, 0.25) is 0 Å². The van der Waals surface area contributed by atoms with E-state index in [4.69, 9.17) is 0 Å². The second-order valence-corrected chi connectivity index (χ2v) is 6.27.